The van der Waals surface area contributed by atoms with Gasteiger partial charge in [-0.2, -0.15) is 0 Å². The fraction of sp³-hybridized carbons (Fsp3) is 0.429. The predicted molar refractivity (Wildman–Crippen MR) is 72.5 cm³/mol. The number of methoxy groups -OCH3 is 1. The summed E-state index contributed by atoms with van der Waals surface area (Å²) in [6, 6.07) is 6.29. The highest BCUT2D eigenvalue weighted by Gasteiger charge is 2.24. The van der Waals surface area contributed by atoms with Crippen molar-refractivity contribution < 1.29 is 19.4 Å². The van der Waals surface area contributed by atoms with Crippen LogP contribution in [0.5, 0.6) is 5.75 Å². The number of rotatable bonds is 3. The lowest BCUT2D eigenvalue weighted by atomic mass is 10.1. The molecule has 0 aromatic heterocycles. The van der Waals surface area contributed by atoms with E-state index in [1.807, 2.05) is 0 Å². The van der Waals surface area contributed by atoms with E-state index < -0.39 is 0 Å². The zero-order valence-corrected chi connectivity index (χ0v) is 11.4. The normalized spacial score (nSPS) is 15.2. The van der Waals surface area contributed by atoms with Crippen LogP contribution in [0.2, 0.25) is 0 Å². The molecule has 0 aliphatic carbocycles. The molecule has 1 N–H and O–H groups in total. The third kappa shape index (κ3) is 3.27. The molecule has 2 rings (SSSR count). The number of amides is 2. The van der Waals surface area contributed by atoms with Crippen molar-refractivity contribution in [2.75, 3.05) is 39.9 Å². The summed E-state index contributed by atoms with van der Waals surface area (Å²) in [4.78, 5) is 27.3. The van der Waals surface area contributed by atoms with E-state index in [4.69, 9.17) is 4.74 Å². The first-order valence-electron chi connectivity index (χ1n) is 6.47. The number of ether oxygens (including phenoxy) is 1. The van der Waals surface area contributed by atoms with Gasteiger partial charge < -0.3 is 19.6 Å². The minimum atomic E-state index is -0.125. The van der Waals surface area contributed by atoms with Gasteiger partial charge in [0.2, 0.25) is 5.91 Å². The summed E-state index contributed by atoms with van der Waals surface area (Å²) in [6.45, 7) is 2.06. The van der Waals surface area contributed by atoms with Crippen LogP contribution in [0, 0.1) is 0 Å². The van der Waals surface area contributed by atoms with Gasteiger partial charge in [0.25, 0.3) is 5.91 Å². The van der Waals surface area contributed by atoms with Gasteiger partial charge in [0.05, 0.1) is 0 Å². The van der Waals surface area contributed by atoms with Gasteiger partial charge in [-0.05, 0) is 18.2 Å². The van der Waals surface area contributed by atoms with Crippen molar-refractivity contribution in [3.8, 4) is 5.75 Å². The zero-order valence-electron chi connectivity index (χ0n) is 11.4. The Hall–Kier alpha value is -2.08. The number of piperazine rings is 1. The highest BCUT2D eigenvalue weighted by Crippen LogP contribution is 2.14. The van der Waals surface area contributed by atoms with Gasteiger partial charge >= 0.3 is 0 Å². The van der Waals surface area contributed by atoms with Gasteiger partial charge in [-0.3, -0.25) is 9.59 Å². The molecule has 1 aromatic rings. The Morgan fingerprint density at radius 3 is 2.45 bits per heavy atom. The van der Waals surface area contributed by atoms with E-state index in [1.54, 1.807) is 21.9 Å². The number of nitrogens with zero attached hydrogens (tertiary/aromatic N) is 2. The second-order valence-corrected chi connectivity index (χ2v) is 4.66. The molecule has 0 bridgehead atoms. The first kappa shape index (κ1) is 14.3. The van der Waals surface area contributed by atoms with Crippen LogP contribution >= 0.6 is 0 Å². The molecule has 6 nitrogen and oxygen atoms in total. The lowest BCUT2D eigenvalue weighted by Crippen LogP contribution is -2.51. The van der Waals surface area contributed by atoms with Gasteiger partial charge in [-0.1, -0.05) is 6.07 Å². The summed E-state index contributed by atoms with van der Waals surface area (Å²) in [5, 5.41) is 9.40. The molecule has 1 aliphatic heterocycles. The van der Waals surface area contributed by atoms with Gasteiger partial charge in [0.15, 0.2) is 0 Å². The van der Waals surface area contributed by atoms with E-state index in [9.17, 15) is 14.7 Å². The van der Waals surface area contributed by atoms with Crippen molar-refractivity contribution >= 4 is 11.8 Å². The summed E-state index contributed by atoms with van der Waals surface area (Å²) >= 11 is 0. The maximum absolute atomic E-state index is 12.2. The monoisotopic (exact) mass is 278 g/mol. The Morgan fingerprint density at radius 2 is 1.85 bits per heavy atom. The topological polar surface area (TPSA) is 70.1 Å². The Kier molecular flexibility index (Phi) is 4.57. The summed E-state index contributed by atoms with van der Waals surface area (Å²) in [6.07, 6.45) is 0. The molecule has 0 saturated carbocycles. The average Bonchev–Trinajstić information content (AvgIpc) is 2.47. The molecule has 1 heterocycles. The third-order valence-electron chi connectivity index (χ3n) is 3.28. The molecule has 6 heteroatoms. The molecule has 1 aromatic carbocycles. The van der Waals surface area contributed by atoms with Crippen LogP contribution in [0.3, 0.4) is 0 Å². The Balaban J connectivity index is 1.93. The quantitative estimate of drug-likeness (QED) is 0.864. The molecule has 20 heavy (non-hydrogen) atoms. The van der Waals surface area contributed by atoms with Crippen LogP contribution in [0.1, 0.15) is 10.4 Å². The third-order valence-corrected chi connectivity index (χ3v) is 3.28. The maximum Gasteiger partial charge on any atom is 0.254 e. The molecule has 1 saturated heterocycles. The number of carbonyl (C=O) groups is 2. The van der Waals surface area contributed by atoms with Crippen molar-refractivity contribution in [2.45, 2.75) is 0 Å². The first-order valence-corrected chi connectivity index (χ1v) is 6.47. The van der Waals surface area contributed by atoms with Crippen molar-refractivity contribution in [3.05, 3.63) is 29.8 Å². The van der Waals surface area contributed by atoms with Crippen LogP contribution in [-0.2, 0) is 9.53 Å². The van der Waals surface area contributed by atoms with Crippen LogP contribution in [-0.4, -0.2) is 66.6 Å². The summed E-state index contributed by atoms with van der Waals surface area (Å²) in [5.41, 5.74) is 0.460. The van der Waals surface area contributed by atoms with Crippen LogP contribution in [0.15, 0.2) is 24.3 Å². The zero-order chi connectivity index (χ0) is 14.5. The molecule has 1 aliphatic rings. The highest BCUT2D eigenvalue weighted by molar-refractivity contribution is 5.94. The van der Waals surface area contributed by atoms with E-state index in [0.717, 1.165) is 0 Å². The SMILES string of the molecule is COCC(=O)N1CCN(C(=O)c2cccc(O)c2)CC1. The number of hydrogen-bond donors (Lipinski definition) is 1. The lowest BCUT2D eigenvalue weighted by molar-refractivity contribution is -0.136. The second-order valence-electron chi connectivity index (χ2n) is 4.66. The molecule has 2 amide bonds. The Morgan fingerprint density at radius 1 is 1.20 bits per heavy atom. The molecular weight excluding hydrogens is 260 g/mol. The van der Waals surface area contributed by atoms with Crippen LogP contribution in [0.4, 0.5) is 0 Å². The molecule has 0 atom stereocenters. The van der Waals surface area contributed by atoms with E-state index in [0.29, 0.717) is 31.7 Å². The molecular formula is C14H18N2O4. The summed E-state index contributed by atoms with van der Waals surface area (Å²) in [7, 11) is 1.49. The molecule has 0 unspecified atom stereocenters. The largest absolute Gasteiger partial charge is 0.508 e. The highest BCUT2D eigenvalue weighted by atomic mass is 16.5. The van der Waals surface area contributed by atoms with Gasteiger partial charge in [0, 0.05) is 38.9 Å². The second kappa shape index (κ2) is 6.38. The average molecular weight is 278 g/mol. The van der Waals surface area contributed by atoms with Gasteiger partial charge in [-0.25, -0.2) is 0 Å². The van der Waals surface area contributed by atoms with Crippen molar-refractivity contribution in [2.24, 2.45) is 0 Å². The molecule has 0 radical (unpaired) electrons. The van der Waals surface area contributed by atoms with E-state index in [-0.39, 0.29) is 24.2 Å². The lowest BCUT2D eigenvalue weighted by Gasteiger charge is -2.34. The number of phenols is 1. The van der Waals surface area contributed by atoms with Crippen LogP contribution in [0.25, 0.3) is 0 Å². The molecule has 1 fully saturated rings. The Bertz CT molecular complexity index is 496. The Labute approximate surface area is 117 Å². The fourth-order valence-corrected chi connectivity index (χ4v) is 2.20. The van der Waals surface area contributed by atoms with Gasteiger partial charge in [0.1, 0.15) is 12.4 Å². The van der Waals surface area contributed by atoms with E-state index >= 15 is 0 Å². The van der Waals surface area contributed by atoms with Crippen LogP contribution < -0.4 is 0 Å². The van der Waals surface area contributed by atoms with E-state index in [2.05, 4.69) is 0 Å². The predicted octanol–water partition coefficient (Wildman–Crippen LogP) is 0.323. The summed E-state index contributed by atoms with van der Waals surface area (Å²) in [5.74, 6) is -0.110. The minimum Gasteiger partial charge on any atom is -0.508 e. The maximum atomic E-state index is 12.2. The molecule has 108 valence electrons. The standard InChI is InChI=1S/C14H18N2O4/c1-20-10-13(18)15-5-7-16(8-6-15)14(19)11-3-2-4-12(17)9-11/h2-4,9,17H,5-8,10H2,1H3. The first-order chi connectivity index (χ1) is 9.61. The van der Waals surface area contributed by atoms with Crippen molar-refractivity contribution in [3.63, 3.8) is 0 Å². The number of phenolic OH excluding ortho intramolecular Hbond substituents is 1. The fourth-order valence-electron chi connectivity index (χ4n) is 2.20. The number of benzene rings is 1. The molecule has 0 spiro atoms. The number of hydrogen-bond acceptors (Lipinski definition) is 4. The number of aromatic hydroxyl groups is 1. The number of carbonyl (C=O) groups excluding carboxylic acids is 2. The van der Waals surface area contributed by atoms with Crippen molar-refractivity contribution in [1.29, 1.82) is 0 Å². The van der Waals surface area contributed by atoms with Crippen molar-refractivity contribution in [1.82, 2.24) is 9.80 Å². The minimum absolute atomic E-state index is 0.0584. The summed E-state index contributed by atoms with van der Waals surface area (Å²) < 4.78 is 4.81. The van der Waals surface area contributed by atoms with Gasteiger partial charge in [-0.15, -0.1) is 0 Å². The van der Waals surface area contributed by atoms with E-state index in [1.165, 1.54) is 19.2 Å². The smallest absolute Gasteiger partial charge is 0.254 e.